The lowest BCUT2D eigenvalue weighted by Gasteiger charge is -2.09. The molecule has 0 unspecified atom stereocenters. The highest BCUT2D eigenvalue weighted by molar-refractivity contribution is 6.06. The lowest BCUT2D eigenvalue weighted by molar-refractivity contribution is 0.0954. The second-order valence-corrected chi connectivity index (χ2v) is 6.56. The third-order valence-corrected chi connectivity index (χ3v) is 4.91. The number of carbonyl (C=O) groups is 1. The summed E-state index contributed by atoms with van der Waals surface area (Å²) in [5.74, 6) is -0.0402. The Kier molecular flexibility index (Phi) is 4.94. The molecule has 2 aromatic heterocycles. The molecule has 138 valence electrons. The Balaban J connectivity index is 1.46. The first-order valence-electron chi connectivity index (χ1n) is 9.17. The van der Waals surface area contributed by atoms with Gasteiger partial charge in [0.25, 0.3) is 5.91 Å². The maximum absolute atomic E-state index is 12.7. The van der Waals surface area contributed by atoms with E-state index in [0.29, 0.717) is 18.7 Å². The first kappa shape index (κ1) is 17.4. The molecule has 0 aliphatic carbocycles. The number of carbonyl (C=O) groups excluding carboxylic acids is 1. The molecule has 0 spiro atoms. The molecule has 27 heavy (non-hydrogen) atoms. The lowest BCUT2D eigenvalue weighted by Crippen LogP contribution is -2.27. The molecule has 0 saturated heterocycles. The van der Waals surface area contributed by atoms with Crippen LogP contribution in [0, 0.1) is 0 Å². The molecule has 5 heteroatoms. The average molecular weight is 361 g/mol. The Hall–Kier alpha value is -3.05. The summed E-state index contributed by atoms with van der Waals surface area (Å²) < 4.78 is 9.44. The van der Waals surface area contributed by atoms with Crippen LogP contribution in [0.25, 0.3) is 21.8 Å². The Morgan fingerprint density at radius 3 is 2.59 bits per heavy atom. The Morgan fingerprint density at radius 1 is 0.926 bits per heavy atom. The Morgan fingerprint density at radius 2 is 1.70 bits per heavy atom. The van der Waals surface area contributed by atoms with Gasteiger partial charge in [0.05, 0.1) is 6.61 Å². The molecule has 4 aromatic rings. The predicted molar refractivity (Wildman–Crippen MR) is 108 cm³/mol. The van der Waals surface area contributed by atoms with E-state index in [1.54, 1.807) is 7.11 Å². The van der Waals surface area contributed by atoms with Crippen LogP contribution in [0.2, 0.25) is 0 Å². The molecule has 2 aromatic carbocycles. The van der Waals surface area contributed by atoms with Gasteiger partial charge in [-0.3, -0.25) is 4.79 Å². The number of fused-ring (bicyclic) bond motifs is 2. The Bertz CT molecular complexity index is 1080. The van der Waals surface area contributed by atoms with Crippen molar-refractivity contribution in [1.82, 2.24) is 14.5 Å². The zero-order valence-corrected chi connectivity index (χ0v) is 15.4. The molecule has 0 aliphatic rings. The smallest absolute Gasteiger partial charge is 0.252 e. The van der Waals surface area contributed by atoms with Gasteiger partial charge >= 0.3 is 0 Å². The minimum absolute atomic E-state index is 0.0402. The molecule has 5 nitrogen and oxygen atoms in total. The van der Waals surface area contributed by atoms with Gasteiger partial charge in [0.15, 0.2) is 0 Å². The van der Waals surface area contributed by atoms with Crippen LogP contribution in [-0.2, 0) is 17.8 Å². The average Bonchev–Trinajstić information content (AvgIpc) is 3.30. The Labute approximate surface area is 158 Å². The number of hydrogen-bond donors (Lipinski definition) is 1. The molecule has 0 saturated carbocycles. The molecule has 4 rings (SSSR count). The number of nitrogens with zero attached hydrogens (tertiary/aromatic N) is 2. The van der Waals surface area contributed by atoms with Gasteiger partial charge in [-0.25, -0.2) is 0 Å². The van der Waals surface area contributed by atoms with E-state index < -0.39 is 0 Å². The highest BCUT2D eigenvalue weighted by Crippen LogP contribution is 2.20. The van der Waals surface area contributed by atoms with E-state index >= 15 is 0 Å². The van der Waals surface area contributed by atoms with Crippen LogP contribution >= 0.6 is 0 Å². The highest BCUT2D eigenvalue weighted by Gasteiger charge is 2.12. The van der Waals surface area contributed by atoms with E-state index in [1.165, 1.54) is 10.9 Å². The van der Waals surface area contributed by atoms with Gasteiger partial charge < -0.3 is 19.2 Å². The predicted octanol–water partition coefficient (Wildman–Crippen LogP) is 3.67. The minimum atomic E-state index is -0.0402. The van der Waals surface area contributed by atoms with Crippen molar-refractivity contribution in [3.05, 3.63) is 72.6 Å². The molecule has 1 amide bonds. The summed E-state index contributed by atoms with van der Waals surface area (Å²) in [7, 11) is 1.69. The van der Waals surface area contributed by atoms with Gasteiger partial charge in [-0.2, -0.15) is 0 Å². The van der Waals surface area contributed by atoms with E-state index in [-0.39, 0.29) is 5.91 Å². The van der Waals surface area contributed by atoms with E-state index in [4.69, 9.17) is 4.74 Å². The number of ether oxygens (including phenoxy) is 1. The number of rotatable bonds is 7. The second-order valence-electron chi connectivity index (χ2n) is 6.56. The first-order chi connectivity index (χ1) is 13.3. The lowest BCUT2D eigenvalue weighted by atomic mass is 10.1. The van der Waals surface area contributed by atoms with E-state index in [1.807, 2.05) is 42.6 Å². The van der Waals surface area contributed by atoms with E-state index in [0.717, 1.165) is 24.0 Å². The number of amides is 1. The van der Waals surface area contributed by atoms with Crippen molar-refractivity contribution in [2.45, 2.75) is 13.1 Å². The van der Waals surface area contributed by atoms with Crippen LogP contribution in [0.1, 0.15) is 10.4 Å². The number of nitrogens with one attached hydrogen (secondary N) is 1. The number of methoxy groups -OCH3 is 1. The monoisotopic (exact) mass is 361 g/mol. The molecule has 1 N–H and O–H groups in total. The maximum Gasteiger partial charge on any atom is 0.252 e. The minimum Gasteiger partial charge on any atom is -0.383 e. The van der Waals surface area contributed by atoms with Crippen LogP contribution in [0.3, 0.4) is 0 Å². The van der Waals surface area contributed by atoms with E-state index in [9.17, 15) is 4.79 Å². The van der Waals surface area contributed by atoms with Crippen LogP contribution in [0.15, 0.2) is 67.0 Å². The summed E-state index contributed by atoms with van der Waals surface area (Å²) in [6, 6.07) is 18.2. The fourth-order valence-corrected chi connectivity index (χ4v) is 3.53. The maximum atomic E-state index is 12.7. The van der Waals surface area contributed by atoms with Crippen LogP contribution < -0.4 is 5.32 Å². The van der Waals surface area contributed by atoms with Crippen LogP contribution in [-0.4, -0.2) is 35.3 Å². The fraction of sp³-hybridized carbons (Fsp3) is 0.227. The molecule has 2 heterocycles. The third kappa shape index (κ3) is 3.46. The molecular weight excluding hydrogens is 338 g/mol. The summed E-state index contributed by atoms with van der Waals surface area (Å²) in [5.41, 5.74) is 2.95. The van der Waals surface area contributed by atoms with Crippen molar-refractivity contribution in [3.63, 3.8) is 0 Å². The molecule has 0 bridgehead atoms. The van der Waals surface area contributed by atoms with Crippen molar-refractivity contribution in [3.8, 4) is 0 Å². The quantitative estimate of drug-likeness (QED) is 0.546. The first-order valence-corrected chi connectivity index (χ1v) is 9.17. The number of aromatic nitrogens is 2. The standard InChI is InChI=1S/C22H23N3O2/c1-27-16-15-25-13-10-18-19(6-4-8-21(18)25)22(26)23-11-14-24-12-9-17-5-2-3-7-20(17)24/h2-10,12-13H,11,14-16H2,1H3,(H,23,26). The molecule has 0 aliphatic heterocycles. The van der Waals surface area contributed by atoms with Gasteiger partial charge in [-0.05, 0) is 35.7 Å². The van der Waals surface area contributed by atoms with Gasteiger partial charge in [-0.15, -0.1) is 0 Å². The van der Waals surface area contributed by atoms with Gasteiger partial charge in [-0.1, -0.05) is 24.3 Å². The van der Waals surface area contributed by atoms with Gasteiger partial charge in [0, 0.05) is 61.1 Å². The van der Waals surface area contributed by atoms with Crippen molar-refractivity contribution < 1.29 is 9.53 Å². The molecular formula is C22H23N3O2. The van der Waals surface area contributed by atoms with Crippen molar-refractivity contribution >= 4 is 27.7 Å². The third-order valence-electron chi connectivity index (χ3n) is 4.91. The topological polar surface area (TPSA) is 48.2 Å². The van der Waals surface area contributed by atoms with Crippen molar-refractivity contribution in [2.24, 2.45) is 0 Å². The molecule has 0 fully saturated rings. The van der Waals surface area contributed by atoms with Gasteiger partial charge in [0.2, 0.25) is 0 Å². The van der Waals surface area contributed by atoms with Crippen molar-refractivity contribution in [1.29, 1.82) is 0 Å². The second kappa shape index (κ2) is 7.68. The van der Waals surface area contributed by atoms with Crippen LogP contribution in [0.5, 0.6) is 0 Å². The zero-order chi connectivity index (χ0) is 18.6. The number of hydrogen-bond acceptors (Lipinski definition) is 2. The summed E-state index contributed by atoms with van der Waals surface area (Å²) in [6.07, 6.45) is 4.07. The number of benzene rings is 2. The molecule has 0 radical (unpaired) electrons. The summed E-state index contributed by atoms with van der Waals surface area (Å²) in [4.78, 5) is 12.7. The van der Waals surface area contributed by atoms with Crippen LogP contribution in [0.4, 0.5) is 0 Å². The summed E-state index contributed by atoms with van der Waals surface area (Å²) in [5, 5.41) is 5.24. The van der Waals surface area contributed by atoms with E-state index in [2.05, 4.69) is 38.8 Å². The highest BCUT2D eigenvalue weighted by atomic mass is 16.5. The SMILES string of the molecule is COCCn1ccc2c(C(=O)NCCn3ccc4ccccc43)cccc21. The van der Waals surface area contributed by atoms with Crippen molar-refractivity contribution in [2.75, 3.05) is 20.3 Å². The molecule has 0 atom stereocenters. The number of para-hydroxylation sites is 1. The summed E-state index contributed by atoms with van der Waals surface area (Å²) in [6.45, 7) is 2.74. The largest absolute Gasteiger partial charge is 0.383 e. The normalized spacial score (nSPS) is 11.3. The zero-order valence-electron chi connectivity index (χ0n) is 15.4. The van der Waals surface area contributed by atoms with Gasteiger partial charge in [0.1, 0.15) is 0 Å². The summed E-state index contributed by atoms with van der Waals surface area (Å²) >= 11 is 0. The fourth-order valence-electron chi connectivity index (χ4n) is 3.53.